The molecule has 146 valence electrons. The normalized spacial score (nSPS) is 24.3. The Labute approximate surface area is 163 Å². The average molecular weight is 431 g/mol. The number of halogens is 1. The zero-order chi connectivity index (χ0) is 19.3. The molecule has 8 heteroatoms. The number of hydrogen-bond donors (Lipinski definition) is 1. The molecule has 1 amide bonds. The van der Waals surface area contributed by atoms with Crippen LogP contribution in [-0.2, 0) is 25.5 Å². The summed E-state index contributed by atoms with van der Waals surface area (Å²) in [5.41, 5.74) is 1.21. The van der Waals surface area contributed by atoms with Crippen molar-refractivity contribution in [3.05, 3.63) is 29.8 Å². The molecule has 0 radical (unpaired) electrons. The molecule has 26 heavy (non-hydrogen) atoms. The minimum Gasteiger partial charge on any atom is -0.444 e. The van der Waals surface area contributed by atoms with Gasteiger partial charge in [0.25, 0.3) is 0 Å². The van der Waals surface area contributed by atoms with Gasteiger partial charge in [-0.15, -0.1) is 0 Å². The van der Waals surface area contributed by atoms with Gasteiger partial charge in [0.1, 0.15) is 18.1 Å². The molecule has 3 atom stereocenters. The second-order valence-corrected chi connectivity index (χ2v) is 7.90. The van der Waals surface area contributed by atoms with Gasteiger partial charge in [-0.1, -0.05) is 28.1 Å². The number of carbonyl (C=O) groups excluding carboxylic acids is 1. The quantitative estimate of drug-likeness (QED) is 0.720. The molecule has 0 aliphatic carbocycles. The number of anilines is 1. The Morgan fingerprint density at radius 3 is 2.46 bits per heavy atom. The van der Waals surface area contributed by atoms with Crippen molar-refractivity contribution < 1.29 is 23.7 Å². The van der Waals surface area contributed by atoms with E-state index >= 15 is 0 Å². The molecule has 1 fully saturated rings. The fourth-order valence-corrected chi connectivity index (χ4v) is 3.30. The van der Waals surface area contributed by atoms with Crippen molar-refractivity contribution in [1.29, 1.82) is 0 Å². The van der Waals surface area contributed by atoms with Crippen LogP contribution in [0.15, 0.2) is 24.3 Å². The van der Waals surface area contributed by atoms with E-state index in [-0.39, 0.29) is 17.5 Å². The maximum absolute atomic E-state index is 11.8. The Morgan fingerprint density at radius 1 is 1.27 bits per heavy atom. The van der Waals surface area contributed by atoms with Gasteiger partial charge in [0.15, 0.2) is 5.01 Å². The molecule has 1 saturated heterocycles. The summed E-state index contributed by atoms with van der Waals surface area (Å²) in [5.74, 6) is 0. The number of ether oxygens (including phenoxy) is 4. The van der Waals surface area contributed by atoms with Crippen molar-refractivity contribution in [3.8, 4) is 0 Å². The van der Waals surface area contributed by atoms with Gasteiger partial charge < -0.3 is 18.9 Å². The minimum atomic E-state index is -0.531. The first-order valence-corrected chi connectivity index (χ1v) is 9.31. The molecule has 0 bridgehead atoms. The first kappa shape index (κ1) is 21.1. The number of methoxy groups -OCH3 is 2. The fraction of sp³-hybridized carbons (Fsp3) is 0.611. The highest BCUT2D eigenvalue weighted by atomic mass is 79.9. The predicted molar refractivity (Wildman–Crippen MR) is 102 cm³/mol. The summed E-state index contributed by atoms with van der Waals surface area (Å²) in [6.07, 6.45) is -0.943. The number of alkyl halides is 1. The molecule has 1 aromatic carbocycles. The molecule has 7 nitrogen and oxygen atoms in total. The number of rotatable bonds is 5. The lowest BCUT2D eigenvalue weighted by atomic mass is 10.1. The Morgan fingerprint density at radius 2 is 1.92 bits per heavy atom. The van der Waals surface area contributed by atoms with Gasteiger partial charge in [0, 0.05) is 26.5 Å². The van der Waals surface area contributed by atoms with Crippen molar-refractivity contribution in [2.45, 2.75) is 50.4 Å². The standard InChI is InChI=1S/C18H27BrN2O5/c1-18(2,3)26-17(22)20-13-8-6-12(7-9-13)10-21-14(23-4)11-25-15(19)16(21)24-5/h6-9,14-16H,10-11H2,1-5H3,(H,20,22). The molecule has 1 aliphatic heterocycles. The van der Waals surface area contributed by atoms with E-state index in [0.717, 1.165) is 5.56 Å². The van der Waals surface area contributed by atoms with Gasteiger partial charge in [-0.2, -0.15) is 0 Å². The van der Waals surface area contributed by atoms with E-state index in [0.29, 0.717) is 18.8 Å². The number of nitrogens with zero attached hydrogens (tertiary/aromatic N) is 1. The summed E-state index contributed by atoms with van der Waals surface area (Å²) in [6, 6.07) is 7.58. The van der Waals surface area contributed by atoms with Crippen molar-refractivity contribution in [2.24, 2.45) is 0 Å². The zero-order valence-corrected chi connectivity index (χ0v) is 17.4. The molecule has 0 saturated carbocycles. The van der Waals surface area contributed by atoms with Crippen LogP contribution in [0.1, 0.15) is 26.3 Å². The average Bonchev–Trinajstić information content (AvgIpc) is 2.55. The second kappa shape index (κ2) is 9.14. The van der Waals surface area contributed by atoms with Crippen molar-refractivity contribution >= 4 is 27.7 Å². The highest BCUT2D eigenvalue weighted by molar-refractivity contribution is 9.09. The van der Waals surface area contributed by atoms with Gasteiger partial charge in [0.05, 0.1) is 6.61 Å². The van der Waals surface area contributed by atoms with Crippen LogP contribution in [0, 0.1) is 0 Å². The van der Waals surface area contributed by atoms with E-state index in [9.17, 15) is 4.79 Å². The van der Waals surface area contributed by atoms with Gasteiger partial charge in [-0.05, 0) is 38.5 Å². The molecule has 0 spiro atoms. The molecule has 0 aromatic heterocycles. The maximum atomic E-state index is 11.8. The monoisotopic (exact) mass is 430 g/mol. The van der Waals surface area contributed by atoms with Crippen LogP contribution in [0.3, 0.4) is 0 Å². The molecule has 1 aliphatic rings. The lowest BCUT2D eigenvalue weighted by molar-refractivity contribution is -0.225. The van der Waals surface area contributed by atoms with Crippen molar-refractivity contribution in [2.75, 3.05) is 26.1 Å². The maximum Gasteiger partial charge on any atom is 0.412 e. The third-order valence-corrected chi connectivity index (χ3v) is 4.51. The van der Waals surface area contributed by atoms with Crippen LogP contribution in [0.4, 0.5) is 10.5 Å². The third kappa shape index (κ3) is 5.92. The second-order valence-electron chi connectivity index (χ2n) is 7.00. The van der Waals surface area contributed by atoms with Crippen molar-refractivity contribution in [1.82, 2.24) is 4.90 Å². The van der Waals surface area contributed by atoms with Gasteiger partial charge in [-0.25, -0.2) is 9.69 Å². The fourth-order valence-electron chi connectivity index (χ4n) is 2.63. The lowest BCUT2D eigenvalue weighted by Gasteiger charge is -2.42. The summed E-state index contributed by atoms with van der Waals surface area (Å²) >= 11 is 3.48. The molecule has 1 heterocycles. The number of morpholine rings is 1. The van der Waals surface area contributed by atoms with E-state index in [1.54, 1.807) is 14.2 Å². The van der Waals surface area contributed by atoms with Crippen LogP contribution in [0.2, 0.25) is 0 Å². The van der Waals surface area contributed by atoms with Gasteiger partial charge in [0.2, 0.25) is 0 Å². The minimum absolute atomic E-state index is 0.201. The first-order valence-electron chi connectivity index (χ1n) is 8.39. The van der Waals surface area contributed by atoms with E-state index < -0.39 is 11.7 Å². The van der Waals surface area contributed by atoms with E-state index in [4.69, 9.17) is 18.9 Å². The van der Waals surface area contributed by atoms with Crippen LogP contribution in [0.5, 0.6) is 0 Å². The Hall–Kier alpha value is -1.19. The Kier molecular flexibility index (Phi) is 7.42. The summed E-state index contributed by atoms with van der Waals surface area (Å²) in [4.78, 5) is 13.9. The molecule has 2 rings (SSSR count). The number of benzene rings is 1. The van der Waals surface area contributed by atoms with E-state index in [1.807, 2.05) is 45.0 Å². The third-order valence-electron chi connectivity index (χ3n) is 3.80. The SMILES string of the molecule is COC1COC(Br)C(OC)N1Cc1ccc(NC(=O)OC(C)(C)C)cc1. The predicted octanol–water partition coefficient (Wildman–Crippen LogP) is 3.53. The number of hydrogen-bond acceptors (Lipinski definition) is 6. The molecular weight excluding hydrogens is 404 g/mol. The van der Waals surface area contributed by atoms with Gasteiger partial charge >= 0.3 is 6.09 Å². The Balaban J connectivity index is 2.02. The van der Waals surface area contributed by atoms with E-state index in [2.05, 4.69) is 26.1 Å². The highest BCUT2D eigenvalue weighted by Gasteiger charge is 2.37. The van der Waals surface area contributed by atoms with Gasteiger partial charge in [-0.3, -0.25) is 5.32 Å². The largest absolute Gasteiger partial charge is 0.444 e. The molecule has 1 N–H and O–H groups in total. The number of amides is 1. The van der Waals surface area contributed by atoms with E-state index in [1.165, 1.54) is 0 Å². The molecular formula is C18H27BrN2O5. The van der Waals surface area contributed by atoms with Crippen LogP contribution < -0.4 is 5.32 Å². The van der Waals surface area contributed by atoms with Crippen LogP contribution in [0.25, 0.3) is 0 Å². The number of carbonyl (C=O) groups is 1. The summed E-state index contributed by atoms with van der Waals surface area (Å²) in [7, 11) is 3.29. The lowest BCUT2D eigenvalue weighted by Crippen LogP contribution is -2.55. The van der Waals surface area contributed by atoms with Crippen LogP contribution in [-0.4, -0.2) is 54.9 Å². The topological polar surface area (TPSA) is 69.3 Å². The molecule has 1 aromatic rings. The Bertz CT molecular complexity index is 590. The number of nitrogens with one attached hydrogen (secondary N) is 1. The summed E-state index contributed by atoms with van der Waals surface area (Å²) < 4.78 is 21.9. The summed E-state index contributed by atoms with van der Waals surface area (Å²) in [5, 5.41) is 2.50. The smallest absolute Gasteiger partial charge is 0.412 e. The van der Waals surface area contributed by atoms with Crippen molar-refractivity contribution in [3.63, 3.8) is 0 Å². The first-order chi connectivity index (χ1) is 12.2. The summed E-state index contributed by atoms with van der Waals surface area (Å²) in [6.45, 7) is 6.55. The zero-order valence-electron chi connectivity index (χ0n) is 15.8. The van der Waals surface area contributed by atoms with Crippen LogP contribution >= 0.6 is 15.9 Å². The highest BCUT2D eigenvalue weighted by Crippen LogP contribution is 2.26. The molecule has 3 unspecified atom stereocenters.